The highest BCUT2D eigenvalue weighted by Crippen LogP contribution is 2.20. The van der Waals surface area contributed by atoms with Gasteiger partial charge in [0.05, 0.1) is 12.7 Å². The number of carboxylic acid groups (broad SMARTS) is 1. The second kappa shape index (κ2) is 8.06. The third-order valence-corrected chi connectivity index (χ3v) is 3.12. The van der Waals surface area contributed by atoms with Gasteiger partial charge in [0.15, 0.2) is 0 Å². The van der Waals surface area contributed by atoms with E-state index in [1.165, 1.54) is 12.0 Å². The maximum absolute atomic E-state index is 12.0. The Morgan fingerprint density at radius 2 is 2.15 bits per heavy atom. The van der Waals surface area contributed by atoms with Gasteiger partial charge in [-0.25, -0.2) is 9.59 Å². The molecular formula is C13H24N2O5. The van der Waals surface area contributed by atoms with E-state index in [-0.39, 0.29) is 12.1 Å². The third kappa shape index (κ3) is 4.97. The number of ether oxygens (including phenoxy) is 2. The zero-order valence-corrected chi connectivity index (χ0v) is 12.3. The molecule has 116 valence electrons. The summed E-state index contributed by atoms with van der Waals surface area (Å²) in [5.41, 5.74) is 0. The molecule has 1 fully saturated rings. The lowest BCUT2D eigenvalue weighted by molar-refractivity contribution is -0.141. The van der Waals surface area contributed by atoms with Crippen molar-refractivity contribution in [1.29, 1.82) is 0 Å². The molecule has 1 heterocycles. The van der Waals surface area contributed by atoms with E-state index in [4.69, 9.17) is 14.6 Å². The molecule has 0 aromatic carbocycles. The second-order valence-electron chi connectivity index (χ2n) is 5.30. The number of amides is 2. The van der Waals surface area contributed by atoms with E-state index in [2.05, 4.69) is 5.32 Å². The zero-order valence-electron chi connectivity index (χ0n) is 12.3. The van der Waals surface area contributed by atoms with Gasteiger partial charge in [-0.15, -0.1) is 0 Å². The smallest absolute Gasteiger partial charge is 0.326 e. The quantitative estimate of drug-likeness (QED) is 0.668. The van der Waals surface area contributed by atoms with Gasteiger partial charge < -0.3 is 24.8 Å². The van der Waals surface area contributed by atoms with Crippen LogP contribution in [0.5, 0.6) is 0 Å². The molecule has 0 aromatic heterocycles. The number of urea groups is 1. The fourth-order valence-electron chi connectivity index (χ4n) is 2.08. The number of methoxy groups -OCH3 is 1. The van der Waals surface area contributed by atoms with Gasteiger partial charge in [-0.2, -0.15) is 0 Å². The number of hydrogen-bond donors (Lipinski definition) is 2. The normalized spacial score (nSPS) is 22.3. The van der Waals surface area contributed by atoms with E-state index in [0.29, 0.717) is 38.6 Å². The number of carbonyl (C=O) groups excluding carboxylic acids is 1. The summed E-state index contributed by atoms with van der Waals surface area (Å²) in [6.45, 7) is 5.82. The van der Waals surface area contributed by atoms with Gasteiger partial charge >= 0.3 is 12.0 Å². The molecule has 1 saturated heterocycles. The molecule has 1 rings (SSSR count). The molecule has 2 unspecified atom stereocenters. The largest absolute Gasteiger partial charge is 0.480 e. The first-order valence-corrected chi connectivity index (χ1v) is 6.83. The van der Waals surface area contributed by atoms with Gasteiger partial charge in [0.2, 0.25) is 0 Å². The molecule has 0 spiro atoms. The Morgan fingerprint density at radius 3 is 2.70 bits per heavy atom. The van der Waals surface area contributed by atoms with Gasteiger partial charge in [-0.3, -0.25) is 0 Å². The fraction of sp³-hybridized carbons (Fsp3) is 0.846. The first-order chi connectivity index (χ1) is 9.45. The fourth-order valence-corrected chi connectivity index (χ4v) is 2.08. The van der Waals surface area contributed by atoms with Crippen LogP contribution in [0.1, 0.15) is 20.3 Å². The van der Waals surface area contributed by atoms with Crippen molar-refractivity contribution < 1.29 is 24.2 Å². The number of aliphatic carboxylic acids is 1. The third-order valence-electron chi connectivity index (χ3n) is 3.12. The predicted molar refractivity (Wildman–Crippen MR) is 72.6 cm³/mol. The van der Waals surface area contributed by atoms with Crippen LogP contribution in [-0.4, -0.2) is 67.6 Å². The van der Waals surface area contributed by atoms with E-state index >= 15 is 0 Å². The summed E-state index contributed by atoms with van der Waals surface area (Å²) in [5.74, 6) is -0.557. The molecule has 7 nitrogen and oxygen atoms in total. The number of carbonyl (C=O) groups is 2. The van der Waals surface area contributed by atoms with Crippen molar-refractivity contribution in [1.82, 2.24) is 10.2 Å². The molecule has 0 bridgehead atoms. The van der Waals surface area contributed by atoms with Gasteiger partial charge in [-0.1, -0.05) is 13.8 Å². The van der Waals surface area contributed by atoms with Crippen LogP contribution < -0.4 is 5.32 Å². The molecule has 2 atom stereocenters. The van der Waals surface area contributed by atoms with Crippen molar-refractivity contribution in [3.63, 3.8) is 0 Å². The van der Waals surface area contributed by atoms with Crippen LogP contribution in [0.3, 0.4) is 0 Å². The van der Waals surface area contributed by atoms with Crippen LogP contribution in [-0.2, 0) is 14.3 Å². The van der Waals surface area contributed by atoms with Crippen molar-refractivity contribution in [3.05, 3.63) is 0 Å². The summed E-state index contributed by atoms with van der Waals surface area (Å²) in [6, 6.07) is -1.21. The monoisotopic (exact) mass is 288 g/mol. The number of carboxylic acids is 1. The highest BCUT2D eigenvalue weighted by molar-refractivity contribution is 5.83. The molecule has 0 saturated carbocycles. The first kappa shape index (κ1) is 16.7. The van der Waals surface area contributed by atoms with Crippen molar-refractivity contribution >= 4 is 12.0 Å². The number of hydrogen-bond acceptors (Lipinski definition) is 4. The van der Waals surface area contributed by atoms with Crippen molar-refractivity contribution in [2.45, 2.75) is 32.4 Å². The zero-order chi connectivity index (χ0) is 15.1. The number of likely N-dealkylation sites (tertiary alicyclic amines) is 1. The average molecular weight is 288 g/mol. The summed E-state index contributed by atoms with van der Waals surface area (Å²) < 4.78 is 10.5. The summed E-state index contributed by atoms with van der Waals surface area (Å²) in [6.07, 6.45) is 0.0994. The van der Waals surface area contributed by atoms with Gasteiger partial charge in [0.1, 0.15) is 6.04 Å². The lowest BCUT2D eigenvalue weighted by atomic mass is 10.2. The highest BCUT2D eigenvalue weighted by atomic mass is 16.5. The Morgan fingerprint density at radius 1 is 1.45 bits per heavy atom. The number of nitrogens with zero attached hydrogens (tertiary/aromatic N) is 1. The van der Waals surface area contributed by atoms with Crippen LogP contribution >= 0.6 is 0 Å². The lowest BCUT2D eigenvalue weighted by Gasteiger charge is -2.21. The van der Waals surface area contributed by atoms with E-state index in [9.17, 15) is 9.59 Å². The number of nitrogens with one attached hydrogen (secondary N) is 1. The van der Waals surface area contributed by atoms with Crippen LogP contribution in [0.15, 0.2) is 0 Å². The Balaban J connectivity index is 2.35. The molecule has 7 heteroatoms. The molecule has 0 radical (unpaired) electrons. The summed E-state index contributed by atoms with van der Waals surface area (Å²) in [5, 5.41) is 11.8. The maximum Gasteiger partial charge on any atom is 0.326 e. The van der Waals surface area contributed by atoms with Gasteiger partial charge in [0, 0.05) is 33.2 Å². The van der Waals surface area contributed by atoms with E-state index in [1.54, 1.807) is 0 Å². The van der Waals surface area contributed by atoms with E-state index < -0.39 is 12.0 Å². The molecule has 0 aromatic rings. The highest BCUT2D eigenvalue weighted by Gasteiger charge is 2.39. The summed E-state index contributed by atoms with van der Waals surface area (Å²) in [7, 11) is 1.52. The Bertz CT molecular complexity index is 335. The molecule has 0 aliphatic carbocycles. The van der Waals surface area contributed by atoms with E-state index in [1.807, 2.05) is 13.8 Å². The van der Waals surface area contributed by atoms with Crippen LogP contribution in [0.2, 0.25) is 0 Å². The maximum atomic E-state index is 12.0. The van der Waals surface area contributed by atoms with Crippen LogP contribution in [0, 0.1) is 5.92 Å². The molecule has 20 heavy (non-hydrogen) atoms. The average Bonchev–Trinajstić information content (AvgIpc) is 2.82. The predicted octanol–water partition coefficient (Wildman–Crippen LogP) is 0.543. The molecule has 2 N–H and O–H groups in total. The van der Waals surface area contributed by atoms with Crippen molar-refractivity contribution in [2.24, 2.45) is 5.92 Å². The minimum atomic E-state index is -1.00. The van der Waals surface area contributed by atoms with Gasteiger partial charge in [0.25, 0.3) is 0 Å². The molecular weight excluding hydrogens is 264 g/mol. The summed E-state index contributed by atoms with van der Waals surface area (Å²) in [4.78, 5) is 24.4. The Hall–Kier alpha value is -1.34. The van der Waals surface area contributed by atoms with Crippen molar-refractivity contribution in [3.8, 4) is 0 Å². The molecule has 1 aliphatic rings. The second-order valence-corrected chi connectivity index (χ2v) is 5.30. The minimum Gasteiger partial charge on any atom is -0.480 e. The molecule has 2 amide bonds. The van der Waals surface area contributed by atoms with E-state index in [0.717, 1.165) is 0 Å². The minimum absolute atomic E-state index is 0.223. The standard InChI is InChI=1S/C13H24N2O5/c1-9(2)8-20-5-4-14-13(18)15-7-10(19-3)6-11(15)12(16)17/h9-11H,4-8H2,1-3H3,(H,14,18)(H,16,17). The lowest BCUT2D eigenvalue weighted by Crippen LogP contribution is -2.47. The topological polar surface area (TPSA) is 88.1 Å². The Kier molecular flexibility index (Phi) is 6.74. The van der Waals surface area contributed by atoms with Crippen LogP contribution in [0.4, 0.5) is 4.79 Å². The summed E-state index contributed by atoms with van der Waals surface area (Å²) >= 11 is 0. The van der Waals surface area contributed by atoms with Crippen LogP contribution in [0.25, 0.3) is 0 Å². The molecule has 1 aliphatic heterocycles. The van der Waals surface area contributed by atoms with Crippen molar-refractivity contribution in [2.75, 3.05) is 33.4 Å². The van der Waals surface area contributed by atoms with Gasteiger partial charge in [-0.05, 0) is 5.92 Å². The SMILES string of the molecule is COC1CC(C(=O)O)N(C(=O)NCCOCC(C)C)C1. The number of rotatable bonds is 7. The Labute approximate surface area is 119 Å². The first-order valence-electron chi connectivity index (χ1n) is 6.83.